The molecule has 1 aromatic carbocycles. The zero-order valence-corrected chi connectivity index (χ0v) is 20.5. The highest BCUT2D eigenvalue weighted by Gasteiger charge is 2.14. The number of amides is 2. The number of H-pyrrole nitrogens is 1. The molecule has 3 N–H and O–H groups in total. The van der Waals surface area contributed by atoms with Crippen LogP contribution in [0, 0.1) is 6.92 Å². The van der Waals surface area contributed by atoms with Crippen LogP contribution in [0.1, 0.15) is 27.3 Å². The van der Waals surface area contributed by atoms with Gasteiger partial charge in [-0.2, -0.15) is 0 Å². The lowest BCUT2D eigenvalue weighted by Crippen LogP contribution is -2.34. The van der Waals surface area contributed by atoms with E-state index in [1.807, 2.05) is 36.5 Å². The van der Waals surface area contributed by atoms with E-state index in [9.17, 15) is 14.4 Å². The van der Waals surface area contributed by atoms with Crippen molar-refractivity contribution in [2.75, 3.05) is 26.0 Å². The molecule has 10 heteroatoms. The molecular weight excluding hydrogens is 458 g/mol. The number of nitrogens with one attached hydrogen (secondary N) is 3. The zero-order chi connectivity index (χ0) is 25.7. The van der Waals surface area contributed by atoms with Gasteiger partial charge >= 0.3 is 0 Å². The number of rotatable bonds is 9. The van der Waals surface area contributed by atoms with Crippen LogP contribution in [-0.2, 0) is 24.3 Å². The Kier molecular flexibility index (Phi) is 7.43. The summed E-state index contributed by atoms with van der Waals surface area (Å²) >= 11 is 0. The van der Waals surface area contributed by atoms with E-state index in [-0.39, 0.29) is 36.3 Å². The largest absolute Gasteiger partial charge is 0.365 e. The van der Waals surface area contributed by atoms with Crippen LogP contribution in [0.25, 0.3) is 10.9 Å². The van der Waals surface area contributed by atoms with E-state index in [1.165, 1.54) is 9.47 Å². The van der Waals surface area contributed by atoms with E-state index < -0.39 is 0 Å². The standard InChI is InChI=1S/C26H29N7O3/c1-17-13-31-24(28-11-8-18-6-4-5-7-21(18)25(35)32(2)3)26(36)33(17)16-23(34)30-14-20-12-19-9-10-27-22(19)15-29-20/h4-7,9-10,12-13,15,27H,8,11,14,16H2,1-3H3,(H,28,31)(H,30,34). The number of carbonyl (C=O) groups is 2. The highest BCUT2D eigenvalue weighted by Crippen LogP contribution is 2.13. The Bertz CT molecular complexity index is 1460. The van der Waals surface area contributed by atoms with Crippen LogP contribution in [0.5, 0.6) is 0 Å². The number of carbonyl (C=O) groups excluding carboxylic acids is 2. The average molecular weight is 488 g/mol. The predicted octanol–water partition coefficient (Wildman–Crippen LogP) is 2.10. The summed E-state index contributed by atoms with van der Waals surface area (Å²) in [6.07, 6.45) is 5.65. The molecule has 0 aliphatic heterocycles. The van der Waals surface area contributed by atoms with Crippen molar-refractivity contribution in [2.45, 2.75) is 26.4 Å². The number of aryl methyl sites for hydroxylation is 1. The van der Waals surface area contributed by atoms with E-state index in [1.54, 1.807) is 39.5 Å². The lowest BCUT2D eigenvalue weighted by molar-refractivity contribution is -0.121. The maximum absolute atomic E-state index is 13.0. The summed E-state index contributed by atoms with van der Waals surface area (Å²) in [5, 5.41) is 6.89. The minimum atomic E-state index is -0.380. The number of hydrogen-bond acceptors (Lipinski definition) is 6. The number of anilines is 1. The number of benzene rings is 1. The highest BCUT2D eigenvalue weighted by atomic mass is 16.2. The van der Waals surface area contributed by atoms with Crippen LogP contribution >= 0.6 is 0 Å². The third kappa shape index (κ3) is 5.60. The molecule has 0 fully saturated rings. The predicted molar refractivity (Wildman–Crippen MR) is 138 cm³/mol. The first kappa shape index (κ1) is 24.6. The molecular formula is C26H29N7O3. The van der Waals surface area contributed by atoms with Gasteiger partial charge in [-0.3, -0.25) is 23.9 Å². The lowest BCUT2D eigenvalue weighted by Gasteiger charge is -2.15. The molecule has 0 unspecified atom stereocenters. The fourth-order valence-electron chi connectivity index (χ4n) is 3.87. The van der Waals surface area contributed by atoms with Crippen LogP contribution in [0.2, 0.25) is 0 Å². The summed E-state index contributed by atoms with van der Waals surface area (Å²) in [7, 11) is 3.42. The van der Waals surface area contributed by atoms with Crippen molar-refractivity contribution in [1.82, 2.24) is 29.7 Å². The molecule has 0 aliphatic carbocycles. The van der Waals surface area contributed by atoms with Gasteiger partial charge in [0.25, 0.3) is 11.5 Å². The van der Waals surface area contributed by atoms with E-state index in [0.29, 0.717) is 24.2 Å². The molecule has 0 bridgehead atoms. The van der Waals surface area contributed by atoms with Gasteiger partial charge in [-0.1, -0.05) is 18.2 Å². The van der Waals surface area contributed by atoms with Crippen molar-refractivity contribution in [1.29, 1.82) is 0 Å². The van der Waals surface area contributed by atoms with Crippen LogP contribution in [0.15, 0.2) is 59.8 Å². The van der Waals surface area contributed by atoms with Gasteiger partial charge in [-0.05, 0) is 37.1 Å². The summed E-state index contributed by atoms with van der Waals surface area (Å²) in [6, 6.07) is 11.2. The summed E-state index contributed by atoms with van der Waals surface area (Å²) in [5.74, 6) is -0.218. The third-order valence-corrected chi connectivity index (χ3v) is 5.86. The number of pyridine rings is 1. The Hall–Kier alpha value is -4.47. The first-order valence-corrected chi connectivity index (χ1v) is 11.6. The molecule has 0 spiro atoms. The summed E-state index contributed by atoms with van der Waals surface area (Å²) < 4.78 is 1.39. The van der Waals surface area contributed by atoms with E-state index in [2.05, 4.69) is 25.6 Å². The Morgan fingerprint density at radius 1 is 1.11 bits per heavy atom. The normalized spacial score (nSPS) is 10.9. The molecule has 0 saturated carbocycles. The van der Waals surface area contributed by atoms with Crippen molar-refractivity contribution in [3.63, 3.8) is 0 Å². The molecule has 4 rings (SSSR count). The maximum Gasteiger partial charge on any atom is 0.293 e. The summed E-state index contributed by atoms with van der Waals surface area (Å²) in [5.41, 5.74) is 3.35. The molecule has 0 radical (unpaired) electrons. The van der Waals surface area contributed by atoms with Crippen LogP contribution < -0.4 is 16.2 Å². The monoisotopic (exact) mass is 487 g/mol. The molecule has 10 nitrogen and oxygen atoms in total. The molecule has 186 valence electrons. The maximum atomic E-state index is 13.0. The van der Waals surface area contributed by atoms with Gasteiger partial charge < -0.3 is 20.5 Å². The van der Waals surface area contributed by atoms with Gasteiger partial charge in [0.2, 0.25) is 5.91 Å². The van der Waals surface area contributed by atoms with E-state index >= 15 is 0 Å². The second kappa shape index (κ2) is 10.9. The number of aromatic nitrogens is 4. The van der Waals surface area contributed by atoms with E-state index in [4.69, 9.17) is 0 Å². The molecule has 2 amide bonds. The van der Waals surface area contributed by atoms with Gasteiger partial charge in [-0.25, -0.2) is 4.98 Å². The van der Waals surface area contributed by atoms with Crippen LogP contribution in [-0.4, -0.2) is 56.9 Å². The molecule has 4 aromatic rings. The van der Waals surface area contributed by atoms with Crippen LogP contribution in [0.4, 0.5) is 5.82 Å². The summed E-state index contributed by atoms with van der Waals surface area (Å²) in [4.78, 5) is 51.2. The SMILES string of the molecule is Cc1cnc(NCCc2ccccc2C(=O)N(C)C)c(=O)n1CC(=O)NCc1cc2cc[nH]c2cn1. The number of hydrogen-bond donors (Lipinski definition) is 3. The fraction of sp³-hybridized carbons (Fsp3) is 0.269. The van der Waals surface area contributed by atoms with Crippen molar-refractivity contribution >= 4 is 28.5 Å². The molecule has 0 atom stereocenters. The Labute approximate surface area is 208 Å². The minimum absolute atomic E-state index is 0.0735. The van der Waals surface area contributed by atoms with Gasteiger partial charge in [0.05, 0.1) is 24.0 Å². The Balaban J connectivity index is 1.38. The Morgan fingerprint density at radius 2 is 1.92 bits per heavy atom. The number of fused-ring (bicyclic) bond motifs is 1. The van der Waals surface area contributed by atoms with Crippen molar-refractivity contribution in [2.24, 2.45) is 0 Å². The Morgan fingerprint density at radius 3 is 2.72 bits per heavy atom. The molecule has 3 heterocycles. The smallest absolute Gasteiger partial charge is 0.293 e. The lowest BCUT2D eigenvalue weighted by atomic mass is 10.0. The van der Waals surface area contributed by atoms with Gasteiger partial charge in [0.1, 0.15) is 6.54 Å². The summed E-state index contributed by atoms with van der Waals surface area (Å²) in [6.45, 7) is 2.27. The molecule has 0 saturated heterocycles. The fourth-order valence-corrected chi connectivity index (χ4v) is 3.87. The first-order chi connectivity index (χ1) is 17.3. The van der Waals surface area contributed by atoms with Crippen molar-refractivity contribution in [3.8, 4) is 0 Å². The van der Waals surface area contributed by atoms with Gasteiger partial charge in [0.15, 0.2) is 5.82 Å². The van der Waals surface area contributed by atoms with E-state index in [0.717, 1.165) is 22.2 Å². The van der Waals surface area contributed by atoms with Crippen molar-refractivity contribution < 1.29 is 9.59 Å². The minimum Gasteiger partial charge on any atom is -0.365 e. The molecule has 0 aliphatic rings. The second-order valence-corrected chi connectivity index (χ2v) is 8.69. The van der Waals surface area contributed by atoms with Gasteiger partial charge in [0, 0.05) is 49.7 Å². The van der Waals surface area contributed by atoms with Gasteiger partial charge in [-0.15, -0.1) is 0 Å². The average Bonchev–Trinajstić information content (AvgIpc) is 3.34. The van der Waals surface area contributed by atoms with Crippen LogP contribution in [0.3, 0.4) is 0 Å². The number of aromatic amines is 1. The molecule has 3 aromatic heterocycles. The highest BCUT2D eigenvalue weighted by molar-refractivity contribution is 5.95. The second-order valence-electron chi connectivity index (χ2n) is 8.69. The zero-order valence-electron chi connectivity index (χ0n) is 20.5. The quantitative estimate of drug-likeness (QED) is 0.332. The topological polar surface area (TPSA) is 125 Å². The van der Waals surface area contributed by atoms with Crippen molar-refractivity contribution in [3.05, 3.63) is 87.9 Å². The third-order valence-electron chi connectivity index (χ3n) is 5.86. The molecule has 36 heavy (non-hydrogen) atoms. The first-order valence-electron chi connectivity index (χ1n) is 11.6. The number of nitrogens with zero attached hydrogens (tertiary/aromatic N) is 4.